The molecule has 0 atom stereocenters. The number of aliphatic imine (C=N–C) groups is 1. The van der Waals surface area contributed by atoms with Crippen LogP contribution in [-0.2, 0) is 4.79 Å². The molecule has 14 heavy (non-hydrogen) atoms. The van der Waals surface area contributed by atoms with Crippen molar-refractivity contribution in [3.63, 3.8) is 0 Å². The second-order valence-electron chi connectivity index (χ2n) is 2.64. The summed E-state index contributed by atoms with van der Waals surface area (Å²) in [5.74, 6) is 0.593. The number of carbonyl (C=O) groups excluding carboxylic acids is 1. The van der Waals surface area contributed by atoms with Crippen molar-refractivity contribution < 1.29 is 4.79 Å². The fourth-order valence-corrected chi connectivity index (χ4v) is 1.18. The lowest BCUT2D eigenvalue weighted by Gasteiger charge is -1.96. The number of nitrogens with zero attached hydrogens (tertiary/aromatic N) is 1. The molecule has 0 aliphatic carbocycles. The first-order valence-corrected chi connectivity index (χ1v) is 4.81. The van der Waals surface area contributed by atoms with Crippen LogP contribution in [0, 0.1) is 0 Å². The van der Waals surface area contributed by atoms with E-state index in [1.807, 2.05) is 30.4 Å². The second kappa shape index (κ2) is 6.14. The average molecular weight is 208 g/mol. The summed E-state index contributed by atoms with van der Waals surface area (Å²) in [6, 6.07) is 7.38. The summed E-state index contributed by atoms with van der Waals surface area (Å²) in [5, 5.41) is 0. The second-order valence-corrected chi connectivity index (χ2v) is 3.02. The Morgan fingerprint density at radius 3 is 2.93 bits per heavy atom. The summed E-state index contributed by atoms with van der Waals surface area (Å²) in [4.78, 5) is 13.7. The van der Waals surface area contributed by atoms with E-state index in [4.69, 9.17) is 11.6 Å². The molecular weight excluding hydrogens is 198 g/mol. The van der Waals surface area contributed by atoms with E-state index < -0.39 is 0 Å². The van der Waals surface area contributed by atoms with Gasteiger partial charge in [0.25, 0.3) is 0 Å². The molecule has 1 rings (SSSR count). The third-order valence-electron chi connectivity index (χ3n) is 1.68. The maximum absolute atomic E-state index is 10.1. The van der Waals surface area contributed by atoms with Crippen LogP contribution in [-0.4, -0.2) is 12.0 Å². The quantitative estimate of drug-likeness (QED) is 0.423. The molecule has 1 aromatic carbocycles. The van der Waals surface area contributed by atoms with E-state index in [9.17, 15) is 4.79 Å². The Morgan fingerprint density at radius 1 is 1.43 bits per heavy atom. The Kier molecular flexibility index (Phi) is 4.70. The van der Waals surface area contributed by atoms with Crippen molar-refractivity contribution in [2.45, 2.75) is 6.42 Å². The molecule has 0 saturated carbocycles. The molecule has 0 saturated heterocycles. The molecule has 0 N–H and O–H groups in total. The van der Waals surface area contributed by atoms with Crippen LogP contribution in [0.2, 0.25) is 0 Å². The van der Waals surface area contributed by atoms with Gasteiger partial charge in [-0.05, 0) is 12.5 Å². The van der Waals surface area contributed by atoms with Crippen LogP contribution in [0.25, 0.3) is 6.08 Å². The molecule has 0 aliphatic rings. The Labute approximate surface area is 87.9 Å². The Morgan fingerprint density at radius 2 is 2.21 bits per heavy atom. The van der Waals surface area contributed by atoms with E-state index in [2.05, 4.69) is 4.99 Å². The third-order valence-corrected chi connectivity index (χ3v) is 1.89. The summed E-state index contributed by atoms with van der Waals surface area (Å²) in [6.07, 6.45) is 6.19. The summed E-state index contributed by atoms with van der Waals surface area (Å²) >= 11 is 5.53. The van der Waals surface area contributed by atoms with E-state index >= 15 is 0 Å². The van der Waals surface area contributed by atoms with Crippen molar-refractivity contribution in [3.05, 3.63) is 35.9 Å². The van der Waals surface area contributed by atoms with Crippen LogP contribution < -0.4 is 0 Å². The monoisotopic (exact) mass is 207 g/mol. The van der Waals surface area contributed by atoms with Gasteiger partial charge in [-0.15, -0.1) is 11.6 Å². The first kappa shape index (κ1) is 10.7. The molecule has 0 amide bonds. The SMILES string of the molecule is O=C=Nc1ccccc1C=CCCCl. The van der Waals surface area contributed by atoms with Gasteiger partial charge in [-0.2, -0.15) is 4.99 Å². The number of hydrogen-bond acceptors (Lipinski definition) is 2. The van der Waals surface area contributed by atoms with Crippen molar-refractivity contribution in [3.8, 4) is 0 Å². The molecule has 0 spiro atoms. The molecule has 1 aromatic rings. The number of alkyl halides is 1. The highest BCUT2D eigenvalue weighted by molar-refractivity contribution is 6.17. The highest BCUT2D eigenvalue weighted by Crippen LogP contribution is 2.19. The lowest BCUT2D eigenvalue weighted by atomic mass is 10.1. The fraction of sp³-hybridized carbons (Fsp3) is 0.182. The van der Waals surface area contributed by atoms with Crippen LogP contribution in [0.4, 0.5) is 5.69 Å². The lowest BCUT2D eigenvalue weighted by Crippen LogP contribution is -1.74. The van der Waals surface area contributed by atoms with E-state index in [0.717, 1.165) is 12.0 Å². The largest absolute Gasteiger partial charge is 0.240 e. The normalized spacial score (nSPS) is 10.1. The minimum absolute atomic E-state index is 0.593. The minimum atomic E-state index is 0.593. The van der Waals surface area contributed by atoms with Crippen molar-refractivity contribution in [1.29, 1.82) is 0 Å². The van der Waals surface area contributed by atoms with Crippen LogP contribution in [0.5, 0.6) is 0 Å². The molecule has 0 aromatic heterocycles. The Balaban J connectivity index is 2.89. The predicted molar refractivity (Wildman–Crippen MR) is 58.6 cm³/mol. The topological polar surface area (TPSA) is 29.4 Å². The number of halogens is 1. The summed E-state index contributed by atoms with van der Waals surface area (Å²) in [7, 11) is 0. The number of hydrogen-bond donors (Lipinski definition) is 0. The first-order chi connectivity index (χ1) is 6.88. The van der Waals surface area contributed by atoms with E-state index in [1.54, 1.807) is 6.07 Å². The molecule has 0 bridgehead atoms. The van der Waals surface area contributed by atoms with Crippen molar-refractivity contribution in [2.24, 2.45) is 4.99 Å². The molecule has 0 aliphatic heterocycles. The standard InChI is InChI=1S/C11H10ClNO/c12-8-4-3-6-10-5-1-2-7-11(10)13-9-14/h1-3,5-7H,4,8H2. The van der Waals surface area contributed by atoms with E-state index in [-0.39, 0.29) is 0 Å². The Bertz CT molecular complexity index is 367. The highest BCUT2D eigenvalue weighted by atomic mass is 35.5. The minimum Gasteiger partial charge on any atom is -0.211 e. The first-order valence-electron chi connectivity index (χ1n) is 4.28. The zero-order valence-corrected chi connectivity index (χ0v) is 8.37. The van der Waals surface area contributed by atoms with Crippen LogP contribution in [0.3, 0.4) is 0 Å². The van der Waals surface area contributed by atoms with Gasteiger partial charge in [-0.25, -0.2) is 4.79 Å². The van der Waals surface area contributed by atoms with Crippen molar-refractivity contribution >= 4 is 29.4 Å². The lowest BCUT2D eigenvalue weighted by molar-refractivity contribution is 0.565. The van der Waals surface area contributed by atoms with E-state index in [1.165, 1.54) is 6.08 Å². The molecule has 0 unspecified atom stereocenters. The molecular formula is C11H10ClNO. The van der Waals surface area contributed by atoms with Gasteiger partial charge < -0.3 is 0 Å². The molecule has 0 fully saturated rings. The van der Waals surface area contributed by atoms with Crippen molar-refractivity contribution in [2.75, 3.05) is 5.88 Å². The van der Waals surface area contributed by atoms with Crippen LogP contribution in [0.1, 0.15) is 12.0 Å². The van der Waals surface area contributed by atoms with E-state index in [0.29, 0.717) is 11.6 Å². The van der Waals surface area contributed by atoms with Crippen LogP contribution >= 0.6 is 11.6 Å². The zero-order valence-electron chi connectivity index (χ0n) is 7.61. The number of allylic oxidation sites excluding steroid dienone is 1. The van der Waals surface area contributed by atoms with Gasteiger partial charge in [0.1, 0.15) is 0 Å². The average Bonchev–Trinajstić information content (AvgIpc) is 2.21. The summed E-state index contributed by atoms with van der Waals surface area (Å²) < 4.78 is 0. The highest BCUT2D eigenvalue weighted by Gasteiger charge is 1.94. The van der Waals surface area contributed by atoms with Crippen molar-refractivity contribution in [1.82, 2.24) is 0 Å². The summed E-state index contributed by atoms with van der Waals surface area (Å²) in [6.45, 7) is 0. The summed E-state index contributed by atoms with van der Waals surface area (Å²) in [5.41, 5.74) is 1.54. The number of para-hydroxylation sites is 1. The van der Waals surface area contributed by atoms with Gasteiger partial charge in [0, 0.05) is 11.4 Å². The molecule has 3 heteroatoms. The maximum Gasteiger partial charge on any atom is 0.240 e. The van der Waals surface area contributed by atoms with Gasteiger partial charge in [0.05, 0.1) is 5.69 Å². The van der Waals surface area contributed by atoms with Gasteiger partial charge in [0.15, 0.2) is 0 Å². The smallest absolute Gasteiger partial charge is 0.211 e. The molecule has 0 radical (unpaired) electrons. The Hall–Kier alpha value is -1.37. The maximum atomic E-state index is 10.1. The number of isocyanates is 1. The van der Waals surface area contributed by atoms with Gasteiger partial charge in [0.2, 0.25) is 6.08 Å². The predicted octanol–water partition coefficient (Wildman–Crippen LogP) is 3.30. The molecule has 0 heterocycles. The molecule has 2 nitrogen and oxygen atoms in total. The van der Waals surface area contributed by atoms with Gasteiger partial charge >= 0.3 is 0 Å². The number of benzene rings is 1. The van der Waals surface area contributed by atoms with Gasteiger partial charge in [-0.1, -0.05) is 30.4 Å². The molecule has 72 valence electrons. The van der Waals surface area contributed by atoms with Crippen LogP contribution in [0.15, 0.2) is 35.3 Å². The van der Waals surface area contributed by atoms with Gasteiger partial charge in [-0.3, -0.25) is 0 Å². The zero-order chi connectivity index (χ0) is 10.2. The third kappa shape index (κ3) is 3.17. The fourth-order valence-electron chi connectivity index (χ4n) is 1.05. The number of rotatable bonds is 4.